The molecule has 0 aromatic heterocycles. The van der Waals surface area contributed by atoms with E-state index in [1.807, 2.05) is 18.2 Å². The molecule has 15 heteroatoms. The smallest absolute Gasteiger partial charge is 0.462 e. The number of aliphatic hydroxyl groups excluding tert-OH is 6. The monoisotopic (exact) mass is 951 g/mol. The Morgan fingerprint density at radius 2 is 1.06 bits per heavy atom. The number of hydrogen-bond acceptors (Lipinski definition) is 13. The molecular formula is C51H83O14P. The van der Waals surface area contributed by atoms with Gasteiger partial charge in [0.2, 0.25) is 0 Å². The Kier molecular flexibility index (Phi) is 36.5. The lowest BCUT2D eigenvalue weighted by Crippen LogP contribution is -2.64. The fraction of sp³-hybridized carbons (Fsp3) is 0.647. The van der Waals surface area contributed by atoms with Crippen LogP contribution >= 0.6 is 7.82 Å². The van der Waals surface area contributed by atoms with E-state index < -0.39 is 81.8 Å². The Morgan fingerprint density at radius 1 is 0.561 bits per heavy atom. The molecule has 0 saturated heterocycles. The van der Waals surface area contributed by atoms with Crippen molar-refractivity contribution < 1.29 is 68.2 Å². The number of aliphatic hydroxyl groups is 6. The summed E-state index contributed by atoms with van der Waals surface area (Å²) in [6, 6.07) is 0. The third-order valence-electron chi connectivity index (χ3n) is 10.5. The molecule has 4 unspecified atom stereocenters. The van der Waals surface area contributed by atoms with Crippen LogP contribution in [-0.4, -0.2) is 110 Å². The van der Waals surface area contributed by atoms with Crippen LogP contribution in [0.4, 0.5) is 0 Å². The van der Waals surface area contributed by atoms with E-state index >= 15 is 0 Å². The Hall–Kier alpha value is -3.27. The van der Waals surface area contributed by atoms with Gasteiger partial charge in [-0.3, -0.25) is 18.6 Å². The van der Waals surface area contributed by atoms with E-state index in [-0.39, 0.29) is 12.8 Å². The second-order valence-corrected chi connectivity index (χ2v) is 17.8. The number of carbonyl (C=O) groups is 2. The van der Waals surface area contributed by atoms with Crippen molar-refractivity contribution >= 4 is 19.8 Å². The molecule has 66 heavy (non-hydrogen) atoms. The Balaban J connectivity index is 2.53. The summed E-state index contributed by atoms with van der Waals surface area (Å²) in [4.78, 5) is 35.8. The Bertz CT molecular complexity index is 1540. The highest BCUT2D eigenvalue weighted by atomic mass is 31.2. The van der Waals surface area contributed by atoms with Crippen molar-refractivity contribution in [2.75, 3.05) is 13.2 Å². The van der Waals surface area contributed by atoms with E-state index in [0.717, 1.165) is 77.0 Å². The van der Waals surface area contributed by atoms with Gasteiger partial charge in [0.1, 0.15) is 43.2 Å². The molecule has 9 atom stereocenters. The SMILES string of the molecule is CC/C=C\C/C=C\C/C=C\C/C=C\CCCCCCCCC(=O)OC[C@H](COP(=O)(O)OC1[C@H](O)[C@H](O)C(O)[C@H](O)[C@H]1O)OC(=O)CCC/C=C/C=C\C(O)C/C=C\C/C=C\CCCCC. The molecule has 1 rings (SSSR count). The van der Waals surface area contributed by atoms with Gasteiger partial charge in [-0.05, 0) is 83.5 Å². The van der Waals surface area contributed by atoms with Crippen molar-refractivity contribution in [3.05, 3.63) is 97.2 Å². The fourth-order valence-corrected chi connectivity index (χ4v) is 7.56. The van der Waals surface area contributed by atoms with Crippen molar-refractivity contribution in [2.24, 2.45) is 0 Å². The molecule has 0 aromatic rings. The van der Waals surface area contributed by atoms with Crippen LogP contribution in [0.25, 0.3) is 0 Å². The predicted octanol–water partition coefficient (Wildman–Crippen LogP) is 8.80. The largest absolute Gasteiger partial charge is 0.472 e. The average molecular weight is 951 g/mol. The molecule has 376 valence electrons. The van der Waals surface area contributed by atoms with Gasteiger partial charge in [0.25, 0.3) is 0 Å². The minimum atomic E-state index is -5.17. The van der Waals surface area contributed by atoms with Crippen molar-refractivity contribution in [3.63, 3.8) is 0 Å². The number of esters is 2. The van der Waals surface area contributed by atoms with Gasteiger partial charge in [0.15, 0.2) is 6.10 Å². The highest BCUT2D eigenvalue weighted by molar-refractivity contribution is 7.47. The molecular weight excluding hydrogens is 868 g/mol. The third kappa shape index (κ3) is 31.7. The number of phosphoric acid groups is 1. The minimum Gasteiger partial charge on any atom is -0.462 e. The predicted molar refractivity (Wildman–Crippen MR) is 259 cm³/mol. The Morgan fingerprint density at radius 3 is 1.67 bits per heavy atom. The van der Waals surface area contributed by atoms with Crippen molar-refractivity contribution in [1.29, 1.82) is 0 Å². The van der Waals surface area contributed by atoms with Crippen LogP contribution < -0.4 is 0 Å². The van der Waals surface area contributed by atoms with Crippen molar-refractivity contribution in [3.8, 4) is 0 Å². The number of hydrogen-bond donors (Lipinski definition) is 7. The summed E-state index contributed by atoms with van der Waals surface area (Å²) in [5, 5.41) is 60.4. The van der Waals surface area contributed by atoms with E-state index in [9.17, 15) is 49.7 Å². The lowest BCUT2D eigenvalue weighted by atomic mass is 9.85. The highest BCUT2D eigenvalue weighted by Crippen LogP contribution is 2.47. The van der Waals surface area contributed by atoms with Crippen LogP contribution in [-0.2, 0) is 32.7 Å². The Labute approximate surface area is 394 Å². The molecule has 0 aromatic carbocycles. The standard InChI is InChI=1S/C51H83O14P/c1-3-5-7-9-11-13-14-15-16-17-18-19-20-21-22-24-26-30-34-38-44(53)62-40-43(41-63-66(60,61)65-51-49(58)47(56)46(55)48(57)50(51)59)64-45(54)39-35-31-27-29-33-37-42(52)36-32-28-25-23-12-10-8-6-4-2/h5,7,11-13,15-16,18-19,23,27-29,32-33,37,42-43,46-52,55-59H,3-4,6,8-10,14,17,20-22,24-26,30-31,34-36,38-41H2,1-2H3,(H,60,61)/b7-5-,13-11-,16-15-,19-18-,23-12-,29-27+,32-28-,37-33-/t42?,43-,46?,47-,48+,49-,50-,51?/m1/s1. The number of carbonyl (C=O) groups excluding carboxylic acids is 2. The topological polar surface area (TPSA) is 230 Å². The quantitative estimate of drug-likeness (QED) is 0.0101. The lowest BCUT2D eigenvalue weighted by Gasteiger charge is -2.41. The summed E-state index contributed by atoms with van der Waals surface area (Å²) in [7, 11) is -5.17. The maximum atomic E-state index is 12.8. The summed E-state index contributed by atoms with van der Waals surface area (Å²) in [6.45, 7) is 3.01. The van der Waals surface area contributed by atoms with Gasteiger partial charge in [-0.1, -0.05) is 150 Å². The third-order valence-corrected chi connectivity index (χ3v) is 11.5. The molecule has 0 bridgehead atoms. The van der Waals surface area contributed by atoms with Gasteiger partial charge < -0.3 is 45.0 Å². The van der Waals surface area contributed by atoms with E-state index in [1.165, 1.54) is 19.3 Å². The number of phosphoric ester groups is 1. The lowest BCUT2D eigenvalue weighted by molar-refractivity contribution is -0.220. The molecule has 0 amide bonds. The van der Waals surface area contributed by atoms with Crippen molar-refractivity contribution in [1.82, 2.24) is 0 Å². The van der Waals surface area contributed by atoms with Crippen LogP contribution in [0, 0.1) is 0 Å². The summed E-state index contributed by atoms with van der Waals surface area (Å²) in [5.41, 5.74) is 0. The number of rotatable bonds is 38. The molecule has 1 aliphatic carbocycles. The molecule has 0 radical (unpaired) electrons. The van der Waals surface area contributed by atoms with E-state index in [1.54, 1.807) is 18.2 Å². The highest BCUT2D eigenvalue weighted by Gasteiger charge is 2.51. The first-order valence-electron chi connectivity index (χ1n) is 24.1. The van der Waals surface area contributed by atoms with Gasteiger partial charge in [-0.25, -0.2) is 4.57 Å². The van der Waals surface area contributed by atoms with Crippen LogP contribution in [0.5, 0.6) is 0 Å². The number of ether oxygens (including phenoxy) is 2. The van der Waals surface area contributed by atoms with E-state index in [4.69, 9.17) is 18.5 Å². The molecule has 0 heterocycles. The minimum absolute atomic E-state index is 0.0474. The normalized spacial score (nSPS) is 22.6. The van der Waals surface area contributed by atoms with Gasteiger partial charge >= 0.3 is 19.8 Å². The van der Waals surface area contributed by atoms with E-state index in [0.29, 0.717) is 25.7 Å². The fourth-order valence-electron chi connectivity index (χ4n) is 6.58. The molecule has 0 spiro atoms. The first-order chi connectivity index (χ1) is 31.8. The molecule has 7 N–H and O–H groups in total. The van der Waals surface area contributed by atoms with Gasteiger partial charge in [-0.2, -0.15) is 0 Å². The maximum absolute atomic E-state index is 12.8. The molecule has 1 fully saturated rings. The molecule has 1 aliphatic rings. The molecule has 14 nitrogen and oxygen atoms in total. The second-order valence-electron chi connectivity index (χ2n) is 16.4. The summed E-state index contributed by atoms with van der Waals surface area (Å²) in [5.74, 6) is -1.26. The van der Waals surface area contributed by atoms with E-state index in [2.05, 4.69) is 74.6 Å². The van der Waals surface area contributed by atoms with Crippen LogP contribution in [0.1, 0.15) is 149 Å². The number of unbranched alkanes of at least 4 members (excludes halogenated alkanes) is 10. The van der Waals surface area contributed by atoms with Crippen LogP contribution in [0.3, 0.4) is 0 Å². The van der Waals surface area contributed by atoms with Gasteiger partial charge in [0.05, 0.1) is 12.7 Å². The van der Waals surface area contributed by atoms with Crippen molar-refractivity contribution in [2.45, 2.75) is 198 Å². The first-order valence-corrected chi connectivity index (χ1v) is 25.6. The summed E-state index contributed by atoms with van der Waals surface area (Å²) in [6.07, 6.45) is 36.1. The first kappa shape index (κ1) is 60.7. The maximum Gasteiger partial charge on any atom is 0.472 e. The van der Waals surface area contributed by atoms with Crippen LogP contribution in [0.2, 0.25) is 0 Å². The van der Waals surface area contributed by atoms with Gasteiger partial charge in [0, 0.05) is 12.8 Å². The zero-order valence-corrected chi connectivity index (χ0v) is 40.4. The number of allylic oxidation sites excluding steroid dienone is 14. The van der Waals surface area contributed by atoms with Gasteiger partial charge in [-0.15, -0.1) is 0 Å². The molecule has 0 aliphatic heterocycles. The summed E-state index contributed by atoms with van der Waals surface area (Å²) >= 11 is 0. The summed E-state index contributed by atoms with van der Waals surface area (Å²) < 4.78 is 33.4. The van der Waals surface area contributed by atoms with Crippen LogP contribution in [0.15, 0.2) is 97.2 Å². The molecule has 1 saturated carbocycles. The zero-order valence-electron chi connectivity index (χ0n) is 39.6. The average Bonchev–Trinajstić information content (AvgIpc) is 3.29. The second kappa shape index (κ2) is 39.7. The zero-order chi connectivity index (χ0) is 48.7.